The number of hydrogen-bond acceptors (Lipinski definition) is 7. The van der Waals surface area contributed by atoms with Crippen LogP contribution in [0.25, 0.3) is 0 Å². The van der Waals surface area contributed by atoms with Crippen LogP contribution in [-0.2, 0) is 13.1 Å². The Balaban J connectivity index is 1.09. The number of nitrogens with one attached hydrogen (secondary N) is 1. The molecule has 2 saturated heterocycles. The molecule has 0 spiro atoms. The molecular weight excluding hydrogens is 497 g/mol. The Morgan fingerprint density at radius 2 is 1.69 bits per heavy atom. The molecule has 2 aliphatic heterocycles. The second kappa shape index (κ2) is 12.0. The molecular formula is C30H36FN5O3. The lowest BCUT2D eigenvalue weighted by Crippen LogP contribution is -2.53. The summed E-state index contributed by atoms with van der Waals surface area (Å²) in [7, 11) is 0. The van der Waals surface area contributed by atoms with Crippen molar-refractivity contribution in [2.75, 3.05) is 44.2 Å². The quantitative estimate of drug-likeness (QED) is 0.427. The Kier molecular flexibility index (Phi) is 8.28. The molecule has 0 unspecified atom stereocenters. The number of anilines is 1. The fourth-order valence-corrected chi connectivity index (χ4v) is 5.63. The molecule has 1 aromatic heterocycles. The van der Waals surface area contributed by atoms with Crippen molar-refractivity contribution in [3.8, 4) is 11.5 Å². The van der Waals surface area contributed by atoms with E-state index in [4.69, 9.17) is 0 Å². The number of piperidine rings is 1. The van der Waals surface area contributed by atoms with Gasteiger partial charge in [0, 0.05) is 51.5 Å². The summed E-state index contributed by atoms with van der Waals surface area (Å²) in [5, 5.41) is 23.2. The number of phenolic OH excluding ortho intramolecular Hbond substituents is 1. The number of amides is 1. The zero-order chi connectivity index (χ0) is 27.4. The van der Waals surface area contributed by atoms with E-state index in [0.29, 0.717) is 17.4 Å². The first kappa shape index (κ1) is 26.9. The van der Waals surface area contributed by atoms with Gasteiger partial charge in [-0.15, -0.1) is 0 Å². The topological polar surface area (TPSA) is 92.2 Å². The van der Waals surface area contributed by atoms with Crippen LogP contribution in [0.5, 0.6) is 11.5 Å². The van der Waals surface area contributed by atoms with Crippen LogP contribution in [0.1, 0.15) is 39.9 Å². The molecule has 2 aliphatic rings. The van der Waals surface area contributed by atoms with Crippen molar-refractivity contribution in [3.05, 3.63) is 82.8 Å². The van der Waals surface area contributed by atoms with Gasteiger partial charge in [-0.2, -0.15) is 0 Å². The number of rotatable bonds is 7. The van der Waals surface area contributed by atoms with Crippen LogP contribution in [-0.4, -0.2) is 76.2 Å². The van der Waals surface area contributed by atoms with E-state index in [1.807, 2.05) is 25.1 Å². The number of halogens is 1. The molecule has 0 bridgehead atoms. The molecule has 9 heteroatoms. The van der Waals surface area contributed by atoms with Gasteiger partial charge in [0.25, 0.3) is 5.91 Å². The van der Waals surface area contributed by atoms with Gasteiger partial charge in [0.05, 0.1) is 5.56 Å². The molecule has 0 aliphatic carbocycles. The number of likely N-dealkylation sites (tertiary alicyclic amines) is 1. The lowest BCUT2D eigenvalue weighted by atomic mass is 10.0. The van der Waals surface area contributed by atoms with E-state index < -0.39 is 0 Å². The number of aryl methyl sites for hydroxylation is 1. The molecule has 2 aromatic carbocycles. The highest BCUT2D eigenvalue weighted by atomic mass is 19.1. The average Bonchev–Trinajstić information content (AvgIpc) is 2.93. The standard InChI is InChI=1S/C30H36FN5O3/c1-21-14-23(16-27(37)15-21)18-33-30(39)24-17-28(38)29(32-19-24)36-12-10-35(11-13-36)26-6-8-34(9-7-26)20-22-2-4-25(31)5-3-22/h2-5,14-17,19,26,37-38H,6-13,18,20H2,1H3,(H,33,39). The van der Waals surface area contributed by atoms with E-state index in [0.717, 1.165) is 75.3 Å². The maximum absolute atomic E-state index is 13.2. The minimum Gasteiger partial charge on any atom is -0.508 e. The van der Waals surface area contributed by atoms with E-state index in [-0.39, 0.29) is 29.8 Å². The minimum absolute atomic E-state index is 0.00148. The highest BCUT2D eigenvalue weighted by Gasteiger charge is 2.28. The third kappa shape index (κ3) is 6.85. The number of piperazine rings is 1. The van der Waals surface area contributed by atoms with E-state index in [2.05, 4.69) is 25.0 Å². The Morgan fingerprint density at radius 3 is 2.36 bits per heavy atom. The number of pyridine rings is 1. The number of aromatic hydroxyl groups is 2. The predicted octanol–water partition coefficient (Wildman–Crippen LogP) is 3.66. The number of aromatic nitrogens is 1. The Hall–Kier alpha value is -3.69. The molecule has 0 radical (unpaired) electrons. The van der Waals surface area contributed by atoms with Crippen LogP contribution in [0.15, 0.2) is 54.7 Å². The van der Waals surface area contributed by atoms with Crippen molar-refractivity contribution in [2.45, 2.75) is 38.9 Å². The molecule has 3 aromatic rings. The first-order valence-electron chi connectivity index (χ1n) is 13.6. The lowest BCUT2D eigenvalue weighted by Gasteiger charge is -2.43. The maximum Gasteiger partial charge on any atom is 0.253 e. The summed E-state index contributed by atoms with van der Waals surface area (Å²) in [5.41, 5.74) is 3.14. The highest BCUT2D eigenvalue weighted by molar-refractivity contribution is 5.94. The van der Waals surface area contributed by atoms with Gasteiger partial charge < -0.3 is 20.4 Å². The summed E-state index contributed by atoms with van der Waals surface area (Å²) in [6, 6.07) is 14.0. The van der Waals surface area contributed by atoms with Crippen molar-refractivity contribution < 1.29 is 19.4 Å². The van der Waals surface area contributed by atoms with E-state index >= 15 is 0 Å². The van der Waals surface area contributed by atoms with Gasteiger partial charge in [0.1, 0.15) is 11.6 Å². The summed E-state index contributed by atoms with van der Waals surface area (Å²) in [6.07, 6.45) is 3.72. The molecule has 206 valence electrons. The Labute approximate surface area is 228 Å². The van der Waals surface area contributed by atoms with Gasteiger partial charge in [-0.1, -0.05) is 18.2 Å². The smallest absolute Gasteiger partial charge is 0.253 e. The van der Waals surface area contributed by atoms with Crippen LogP contribution in [0.4, 0.5) is 10.2 Å². The number of hydrogen-bond donors (Lipinski definition) is 3. The molecule has 2 fully saturated rings. The Bertz CT molecular complexity index is 1270. The van der Waals surface area contributed by atoms with Gasteiger partial charge in [0.2, 0.25) is 0 Å². The molecule has 39 heavy (non-hydrogen) atoms. The molecule has 0 atom stereocenters. The van der Waals surface area contributed by atoms with E-state index in [9.17, 15) is 19.4 Å². The maximum atomic E-state index is 13.2. The first-order valence-corrected chi connectivity index (χ1v) is 13.6. The van der Waals surface area contributed by atoms with Crippen LogP contribution >= 0.6 is 0 Å². The molecule has 1 amide bonds. The van der Waals surface area contributed by atoms with Gasteiger partial charge in [-0.3, -0.25) is 14.6 Å². The highest BCUT2D eigenvalue weighted by Crippen LogP contribution is 2.28. The van der Waals surface area contributed by atoms with Gasteiger partial charge in [-0.05, 0) is 79.9 Å². The molecule has 3 heterocycles. The molecule has 3 N–H and O–H groups in total. The summed E-state index contributed by atoms with van der Waals surface area (Å²) in [4.78, 5) is 24.1. The number of carbonyl (C=O) groups excluding carboxylic acids is 1. The molecule has 0 saturated carbocycles. The zero-order valence-corrected chi connectivity index (χ0v) is 22.3. The van der Waals surface area contributed by atoms with Crippen LogP contribution in [0, 0.1) is 12.7 Å². The average molecular weight is 534 g/mol. The monoisotopic (exact) mass is 533 g/mol. The minimum atomic E-state index is -0.332. The number of phenols is 1. The second-order valence-corrected chi connectivity index (χ2v) is 10.6. The van der Waals surface area contributed by atoms with E-state index in [1.165, 1.54) is 24.4 Å². The SMILES string of the molecule is Cc1cc(O)cc(CNC(=O)c2cnc(N3CCN(C4CCN(Cc5ccc(F)cc5)CC4)CC3)c(O)c2)c1. The molecule has 5 rings (SSSR count). The predicted molar refractivity (Wildman–Crippen MR) is 148 cm³/mol. The van der Waals surface area contributed by atoms with Crippen molar-refractivity contribution in [3.63, 3.8) is 0 Å². The number of benzene rings is 2. The van der Waals surface area contributed by atoms with Crippen molar-refractivity contribution >= 4 is 11.7 Å². The van der Waals surface area contributed by atoms with Gasteiger partial charge in [-0.25, -0.2) is 9.37 Å². The van der Waals surface area contributed by atoms with E-state index in [1.54, 1.807) is 12.1 Å². The second-order valence-electron chi connectivity index (χ2n) is 10.6. The summed E-state index contributed by atoms with van der Waals surface area (Å²) >= 11 is 0. The third-order valence-electron chi connectivity index (χ3n) is 7.69. The fourth-order valence-electron chi connectivity index (χ4n) is 5.63. The lowest BCUT2D eigenvalue weighted by molar-refractivity contribution is 0.0949. The fraction of sp³-hybridized carbons (Fsp3) is 0.400. The van der Waals surface area contributed by atoms with Crippen molar-refractivity contribution in [2.24, 2.45) is 0 Å². The van der Waals surface area contributed by atoms with Crippen LogP contribution in [0.3, 0.4) is 0 Å². The number of nitrogens with zero attached hydrogens (tertiary/aromatic N) is 4. The first-order chi connectivity index (χ1) is 18.8. The van der Waals surface area contributed by atoms with Crippen molar-refractivity contribution in [1.29, 1.82) is 0 Å². The Morgan fingerprint density at radius 1 is 0.974 bits per heavy atom. The summed E-state index contributed by atoms with van der Waals surface area (Å²) in [6.45, 7) is 8.38. The normalized spacial score (nSPS) is 17.3. The van der Waals surface area contributed by atoms with Gasteiger partial charge >= 0.3 is 0 Å². The summed E-state index contributed by atoms with van der Waals surface area (Å²) in [5.74, 6) is 0.136. The number of carbonyl (C=O) groups is 1. The summed E-state index contributed by atoms with van der Waals surface area (Å²) < 4.78 is 13.2. The van der Waals surface area contributed by atoms with Gasteiger partial charge in [0.15, 0.2) is 11.6 Å². The van der Waals surface area contributed by atoms with Crippen LogP contribution < -0.4 is 10.2 Å². The third-order valence-corrected chi connectivity index (χ3v) is 7.69. The van der Waals surface area contributed by atoms with Crippen molar-refractivity contribution in [1.82, 2.24) is 20.1 Å². The largest absolute Gasteiger partial charge is 0.508 e. The molecule has 8 nitrogen and oxygen atoms in total. The zero-order valence-electron chi connectivity index (χ0n) is 22.3. The van der Waals surface area contributed by atoms with Crippen LogP contribution in [0.2, 0.25) is 0 Å².